The average Bonchev–Trinajstić information content (AvgIpc) is 2.61. The standard InChI is InChI=1S/C22H40N2O/c1-6-10-13-17-24(18-14-11-7-2,19-15-12-8-3)20-16-23-22(25)21(5)9-4/h6-8,21H,1-3,9-20H2,4-5H3/p+1. The van der Waals surface area contributed by atoms with Gasteiger partial charge in [0, 0.05) is 25.2 Å². The summed E-state index contributed by atoms with van der Waals surface area (Å²) in [5.41, 5.74) is 0. The number of hydrogen-bond acceptors (Lipinski definition) is 1. The van der Waals surface area contributed by atoms with Crippen LogP contribution in [-0.4, -0.2) is 43.1 Å². The van der Waals surface area contributed by atoms with Gasteiger partial charge in [0.15, 0.2) is 0 Å². The molecule has 3 heteroatoms. The monoisotopic (exact) mass is 349 g/mol. The number of hydrogen-bond donors (Lipinski definition) is 1. The molecule has 0 saturated heterocycles. The number of nitrogens with zero attached hydrogens (tertiary/aromatic N) is 1. The van der Waals surface area contributed by atoms with Crippen LogP contribution in [0.2, 0.25) is 0 Å². The van der Waals surface area contributed by atoms with E-state index in [2.05, 4.69) is 32.0 Å². The van der Waals surface area contributed by atoms with E-state index in [1.165, 1.54) is 0 Å². The van der Waals surface area contributed by atoms with Gasteiger partial charge in [-0.05, 0) is 25.7 Å². The summed E-state index contributed by atoms with van der Waals surface area (Å²) in [4.78, 5) is 12.1. The molecule has 0 aromatic carbocycles. The maximum absolute atomic E-state index is 12.1. The van der Waals surface area contributed by atoms with Crippen molar-refractivity contribution in [3.05, 3.63) is 38.0 Å². The van der Waals surface area contributed by atoms with Crippen molar-refractivity contribution in [3.8, 4) is 0 Å². The molecule has 0 aliphatic heterocycles. The Bertz CT molecular complexity index is 353. The fraction of sp³-hybridized carbons (Fsp3) is 0.682. The highest BCUT2D eigenvalue weighted by atomic mass is 16.1. The zero-order valence-electron chi connectivity index (χ0n) is 16.8. The van der Waals surface area contributed by atoms with Gasteiger partial charge in [-0.25, -0.2) is 0 Å². The lowest BCUT2D eigenvalue weighted by Gasteiger charge is -2.39. The molecular formula is C22H41N2O+. The van der Waals surface area contributed by atoms with Crippen LogP contribution >= 0.6 is 0 Å². The van der Waals surface area contributed by atoms with Gasteiger partial charge in [0.05, 0.1) is 32.7 Å². The number of carbonyl (C=O) groups excluding carboxylic acids is 1. The van der Waals surface area contributed by atoms with E-state index in [0.717, 1.165) is 82.2 Å². The fourth-order valence-electron chi connectivity index (χ4n) is 3.16. The van der Waals surface area contributed by atoms with Crippen molar-refractivity contribution in [2.45, 2.75) is 58.8 Å². The molecule has 0 spiro atoms. The molecule has 1 atom stereocenters. The predicted octanol–water partition coefficient (Wildman–Crippen LogP) is 4.86. The van der Waals surface area contributed by atoms with Crippen LogP contribution in [0.3, 0.4) is 0 Å². The van der Waals surface area contributed by atoms with E-state index in [1.807, 2.05) is 25.2 Å². The third-order valence-electron chi connectivity index (χ3n) is 5.07. The lowest BCUT2D eigenvalue weighted by atomic mass is 10.1. The maximum atomic E-state index is 12.1. The van der Waals surface area contributed by atoms with E-state index in [9.17, 15) is 4.79 Å². The van der Waals surface area contributed by atoms with E-state index in [0.29, 0.717) is 0 Å². The van der Waals surface area contributed by atoms with E-state index in [1.54, 1.807) is 0 Å². The topological polar surface area (TPSA) is 29.1 Å². The Kier molecular flexibility index (Phi) is 14.1. The summed E-state index contributed by atoms with van der Waals surface area (Å²) in [6, 6.07) is 0. The number of nitrogens with one attached hydrogen (secondary N) is 1. The SMILES string of the molecule is C=CCCC[N+](CCCC=C)(CCCC=C)CCNC(=O)C(C)CC. The minimum absolute atomic E-state index is 0.101. The highest BCUT2D eigenvalue weighted by Crippen LogP contribution is 2.15. The summed E-state index contributed by atoms with van der Waals surface area (Å²) in [5.74, 6) is 0.285. The van der Waals surface area contributed by atoms with Gasteiger partial charge >= 0.3 is 0 Å². The molecule has 3 nitrogen and oxygen atoms in total. The molecule has 0 aromatic heterocycles. The Morgan fingerprint density at radius 1 is 0.920 bits per heavy atom. The summed E-state index contributed by atoms with van der Waals surface area (Å²) in [6.07, 6.45) is 13.6. The molecule has 0 bridgehead atoms. The van der Waals surface area contributed by atoms with Crippen molar-refractivity contribution < 1.29 is 9.28 Å². The smallest absolute Gasteiger partial charge is 0.223 e. The average molecular weight is 350 g/mol. The molecule has 1 N–H and O–H groups in total. The van der Waals surface area contributed by atoms with Crippen molar-refractivity contribution in [1.82, 2.24) is 5.32 Å². The first-order chi connectivity index (χ1) is 12.0. The molecule has 0 heterocycles. The summed E-state index contributed by atoms with van der Waals surface area (Å²) in [7, 11) is 0. The van der Waals surface area contributed by atoms with Crippen LogP contribution in [0.5, 0.6) is 0 Å². The Morgan fingerprint density at radius 2 is 1.36 bits per heavy atom. The molecule has 1 unspecified atom stereocenters. The summed E-state index contributed by atoms with van der Waals surface area (Å²) < 4.78 is 1.08. The molecule has 0 radical (unpaired) electrons. The van der Waals surface area contributed by atoms with Crippen LogP contribution in [0.4, 0.5) is 0 Å². The Hall–Kier alpha value is -1.35. The first kappa shape index (κ1) is 23.6. The zero-order chi connectivity index (χ0) is 19.0. The maximum Gasteiger partial charge on any atom is 0.223 e. The quantitative estimate of drug-likeness (QED) is 0.227. The normalized spacial score (nSPS) is 12.4. The Balaban J connectivity index is 4.84. The molecule has 0 saturated carbocycles. The first-order valence-corrected chi connectivity index (χ1v) is 10.0. The lowest BCUT2D eigenvalue weighted by molar-refractivity contribution is -0.927. The van der Waals surface area contributed by atoms with Crippen LogP contribution in [0, 0.1) is 5.92 Å². The van der Waals surface area contributed by atoms with Gasteiger partial charge in [0.1, 0.15) is 0 Å². The van der Waals surface area contributed by atoms with E-state index in [-0.39, 0.29) is 11.8 Å². The number of rotatable bonds is 17. The molecular weight excluding hydrogens is 308 g/mol. The van der Waals surface area contributed by atoms with Crippen molar-refractivity contribution in [2.75, 3.05) is 32.7 Å². The number of unbranched alkanes of at least 4 members (excludes halogenated alkanes) is 3. The fourth-order valence-corrected chi connectivity index (χ4v) is 3.16. The van der Waals surface area contributed by atoms with Gasteiger partial charge in [0.2, 0.25) is 5.91 Å². The zero-order valence-corrected chi connectivity index (χ0v) is 16.8. The van der Waals surface area contributed by atoms with Crippen molar-refractivity contribution in [1.29, 1.82) is 0 Å². The van der Waals surface area contributed by atoms with Crippen LogP contribution in [0.15, 0.2) is 38.0 Å². The number of amides is 1. The van der Waals surface area contributed by atoms with E-state index < -0.39 is 0 Å². The minimum Gasteiger partial charge on any atom is -0.350 e. The predicted molar refractivity (Wildman–Crippen MR) is 110 cm³/mol. The molecule has 25 heavy (non-hydrogen) atoms. The van der Waals surface area contributed by atoms with Gasteiger partial charge in [-0.3, -0.25) is 4.79 Å². The van der Waals surface area contributed by atoms with E-state index in [4.69, 9.17) is 0 Å². The summed E-state index contributed by atoms with van der Waals surface area (Å²) >= 11 is 0. The van der Waals surface area contributed by atoms with Gasteiger partial charge < -0.3 is 9.80 Å². The van der Waals surface area contributed by atoms with Gasteiger partial charge in [0.25, 0.3) is 0 Å². The Morgan fingerprint density at radius 3 is 1.72 bits per heavy atom. The third kappa shape index (κ3) is 11.0. The van der Waals surface area contributed by atoms with Crippen LogP contribution in [-0.2, 0) is 4.79 Å². The molecule has 144 valence electrons. The van der Waals surface area contributed by atoms with Crippen LogP contribution in [0.1, 0.15) is 58.8 Å². The van der Waals surface area contributed by atoms with Crippen molar-refractivity contribution >= 4 is 5.91 Å². The second kappa shape index (κ2) is 14.9. The van der Waals surface area contributed by atoms with Gasteiger partial charge in [-0.2, -0.15) is 0 Å². The highest BCUT2D eigenvalue weighted by Gasteiger charge is 2.26. The number of quaternary nitrogens is 1. The summed E-state index contributed by atoms with van der Waals surface area (Å²) in [6.45, 7) is 20.8. The minimum atomic E-state index is 0.101. The van der Waals surface area contributed by atoms with Crippen LogP contribution < -0.4 is 5.32 Å². The lowest BCUT2D eigenvalue weighted by Crippen LogP contribution is -2.53. The second-order valence-electron chi connectivity index (χ2n) is 7.13. The first-order valence-electron chi connectivity index (χ1n) is 10.0. The Labute approximate surface area is 156 Å². The number of carbonyl (C=O) groups is 1. The van der Waals surface area contributed by atoms with Crippen LogP contribution in [0.25, 0.3) is 0 Å². The molecule has 0 aliphatic rings. The largest absolute Gasteiger partial charge is 0.350 e. The number of allylic oxidation sites excluding steroid dienone is 3. The van der Waals surface area contributed by atoms with Gasteiger partial charge in [-0.1, -0.05) is 32.1 Å². The van der Waals surface area contributed by atoms with Crippen molar-refractivity contribution in [2.24, 2.45) is 5.92 Å². The second-order valence-corrected chi connectivity index (χ2v) is 7.13. The highest BCUT2D eigenvalue weighted by molar-refractivity contribution is 5.78. The van der Waals surface area contributed by atoms with Crippen molar-refractivity contribution in [3.63, 3.8) is 0 Å². The summed E-state index contributed by atoms with van der Waals surface area (Å²) in [5, 5.41) is 3.14. The molecule has 0 rings (SSSR count). The third-order valence-corrected chi connectivity index (χ3v) is 5.07. The molecule has 0 fully saturated rings. The molecule has 0 aliphatic carbocycles. The van der Waals surface area contributed by atoms with E-state index >= 15 is 0 Å². The molecule has 1 amide bonds. The van der Waals surface area contributed by atoms with Gasteiger partial charge in [-0.15, -0.1) is 19.7 Å². The molecule has 0 aromatic rings.